The summed E-state index contributed by atoms with van der Waals surface area (Å²) in [6, 6.07) is 8.14. The molecule has 0 radical (unpaired) electrons. The van der Waals surface area contributed by atoms with E-state index >= 15 is 0 Å². The first-order valence-corrected chi connectivity index (χ1v) is 7.61. The molecule has 0 amide bonds. The highest BCUT2D eigenvalue weighted by molar-refractivity contribution is 6.31. The lowest BCUT2D eigenvalue weighted by Crippen LogP contribution is -2.22. The summed E-state index contributed by atoms with van der Waals surface area (Å²) in [6.45, 7) is 7.86. The molecule has 1 aromatic carbocycles. The van der Waals surface area contributed by atoms with Crippen LogP contribution in [0.1, 0.15) is 20.3 Å². The van der Waals surface area contributed by atoms with Gasteiger partial charge >= 0.3 is 0 Å². The average molecular weight is 295 g/mol. The third-order valence-corrected chi connectivity index (χ3v) is 3.45. The van der Waals surface area contributed by atoms with Crippen molar-refractivity contribution in [2.75, 3.05) is 19.7 Å². The average Bonchev–Trinajstić information content (AvgIpc) is 2.80. The number of hydrogen-bond acceptors (Lipinski definition) is 2. The van der Waals surface area contributed by atoms with Crippen molar-refractivity contribution in [3.05, 3.63) is 35.5 Å². The van der Waals surface area contributed by atoms with E-state index in [1.807, 2.05) is 12.1 Å². The van der Waals surface area contributed by atoms with Gasteiger partial charge in [0.05, 0.1) is 6.10 Å². The van der Waals surface area contributed by atoms with Crippen LogP contribution in [0.15, 0.2) is 30.5 Å². The maximum absolute atomic E-state index is 6.05. The molecular formula is C16H23ClN2O. The van der Waals surface area contributed by atoms with E-state index < -0.39 is 0 Å². The molecule has 110 valence electrons. The van der Waals surface area contributed by atoms with Crippen molar-refractivity contribution >= 4 is 22.5 Å². The van der Waals surface area contributed by atoms with Crippen LogP contribution in [-0.4, -0.2) is 30.4 Å². The third-order valence-electron chi connectivity index (χ3n) is 3.21. The smallest absolute Gasteiger partial charge is 0.0518 e. The van der Waals surface area contributed by atoms with Gasteiger partial charge in [0.1, 0.15) is 0 Å². The Morgan fingerprint density at radius 3 is 2.90 bits per heavy atom. The SMILES string of the molecule is CC(C)OCCCNCCn1ccc2ccc(Cl)cc21. The Kier molecular flexibility index (Phi) is 5.89. The molecule has 2 rings (SSSR count). The van der Waals surface area contributed by atoms with Crippen LogP contribution in [-0.2, 0) is 11.3 Å². The van der Waals surface area contributed by atoms with E-state index in [1.165, 1.54) is 10.9 Å². The van der Waals surface area contributed by atoms with Crippen LogP contribution in [0.4, 0.5) is 0 Å². The van der Waals surface area contributed by atoms with Gasteiger partial charge in [-0.2, -0.15) is 0 Å². The van der Waals surface area contributed by atoms with Crippen LogP contribution in [0.5, 0.6) is 0 Å². The Hall–Kier alpha value is -1.03. The van der Waals surface area contributed by atoms with Crippen molar-refractivity contribution in [1.82, 2.24) is 9.88 Å². The maximum Gasteiger partial charge on any atom is 0.0518 e. The largest absolute Gasteiger partial charge is 0.379 e. The maximum atomic E-state index is 6.05. The molecule has 0 aliphatic heterocycles. The first-order chi connectivity index (χ1) is 9.66. The molecule has 1 aromatic heterocycles. The molecule has 4 heteroatoms. The molecule has 0 fully saturated rings. The molecule has 0 saturated carbocycles. The summed E-state index contributed by atoms with van der Waals surface area (Å²) < 4.78 is 7.74. The van der Waals surface area contributed by atoms with Crippen molar-refractivity contribution in [2.45, 2.75) is 32.9 Å². The highest BCUT2D eigenvalue weighted by atomic mass is 35.5. The molecule has 20 heavy (non-hydrogen) atoms. The second-order valence-electron chi connectivity index (χ2n) is 5.24. The topological polar surface area (TPSA) is 26.2 Å². The Balaban J connectivity index is 1.72. The van der Waals surface area contributed by atoms with Crippen molar-refractivity contribution < 1.29 is 4.74 Å². The quantitative estimate of drug-likeness (QED) is 0.751. The van der Waals surface area contributed by atoms with Gasteiger partial charge in [-0.15, -0.1) is 0 Å². The van der Waals surface area contributed by atoms with Gasteiger partial charge in [0.15, 0.2) is 0 Å². The summed E-state index contributed by atoms with van der Waals surface area (Å²) in [5.41, 5.74) is 1.20. The van der Waals surface area contributed by atoms with Crippen molar-refractivity contribution in [3.63, 3.8) is 0 Å². The van der Waals surface area contributed by atoms with E-state index in [0.717, 1.165) is 37.7 Å². The minimum Gasteiger partial charge on any atom is -0.379 e. The lowest BCUT2D eigenvalue weighted by molar-refractivity contribution is 0.0771. The minimum absolute atomic E-state index is 0.325. The Bertz CT molecular complexity index is 536. The second-order valence-corrected chi connectivity index (χ2v) is 5.67. The van der Waals surface area contributed by atoms with Gasteiger partial charge < -0.3 is 14.6 Å². The molecule has 0 atom stereocenters. The number of nitrogens with zero attached hydrogens (tertiary/aromatic N) is 1. The number of ether oxygens (including phenoxy) is 1. The fourth-order valence-corrected chi connectivity index (χ4v) is 2.36. The molecule has 1 heterocycles. The van der Waals surface area contributed by atoms with Gasteiger partial charge in [0.25, 0.3) is 0 Å². The minimum atomic E-state index is 0.325. The van der Waals surface area contributed by atoms with Gasteiger partial charge in [0, 0.05) is 36.4 Å². The zero-order valence-electron chi connectivity index (χ0n) is 12.2. The summed E-state index contributed by atoms with van der Waals surface area (Å²) >= 11 is 6.05. The zero-order valence-corrected chi connectivity index (χ0v) is 13.0. The van der Waals surface area contributed by atoms with Crippen molar-refractivity contribution in [3.8, 4) is 0 Å². The molecule has 0 aliphatic rings. The predicted molar refractivity (Wildman–Crippen MR) is 85.5 cm³/mol. The lowest BCUT2D eigenvalue weighted by Gasteiger charge is -2.09. The number of rotatable bonds is 8. The molecular weight excluding hydrogens is 272 g/mol. The number of hydrogen-bond donors (Lipinski definition) is 1. The Labute approximate surface area is 125 Å². The molecule has 0 bridgehead atoms. The fraction of sp³-hybridized carbons (Fsp3) is 0.500. The Morgan fingerprint density at radius 1 is 1.25 bits per heavy atom. The van der Waals surface area contributed by atoms with Crippen LogP contribution in [0.25, 0.3) is 10.9 Å². The standard InChI is InChI=1S/C16H23ClN2O/c1-13(2)20-11-3-7-18-8-10-19-9-6-14-4-5-15(17)12-16(14)19/h4-6,9,12-13,18H,3,7-8,10-11H2,1-2H3. The molecule has 1 N–H and O–H groups in total. The van der Waals surface area contributed by atoms with Crippen LogP contribution in [0, 0.1) is 0 Å². The fourth-order valence-electron chi connectivity index (χ4n) is 2.19. The molecule has 0 spiro atoms. The molecule has 0 aliphatic carbocycles. The molecule has 3 nitrogen and oxygen atoms in total. The predicted octanol–water partition coefficient (Wildman–Crippen LogP) is 3.70. The second kappa shape index (κ2) is 7.67. The van der Waals surface area contributed by atoms with Crippen molar-refractivity contribution in [2.24, 2.45) is 0 Å². The van der Waals surface area contributed by atoms with E-state index in [4.69, 9.17) is 16.3 Å². The van der Waals surface area contributed by atoms with E-state index in [1.54, 1.807) is 0 Å². The normalized spacial score (nSPS) is 11.6. The lowest BCUT2D eigenvalue weighted by atomic mass is 10.2. The van der Waals surface area contributed by atoms with Crippen molar-refractivity contribution in [1.29, 1.82) is 0 Å². The first-order valence-electron chi connectivity index (χ1n) is 7.23. The van der Waals surface area contributed by atoms with Gasteiger partial charge in [0.2, 0.25) is 0 Å². The van der Waals surface area contributed by atoms with Crippen LogP contribution >= 0.6 is 11.6 Å². The van der Waals surface area contributed by atoms with Gasteiger partial charge in [-0.05, 0) is 50.4 Å². The van der Waals surface area contributed by atoms with Gasteiger partial charge in [-0.1, -0.05) is 17.7 Å². The van der Waals surface area contributed by atoms with E-state index in [0.29, 0.717) is 6.10 Å². The van der Waals surface area contributed by atoms with Crippen LogP contribution in [0.2, 0.25) is 5.02 Å². The first kappa shape index (κ1) is 15.4. The summed E-state index contributed by atoms with van der Waals surface area (Å²) in [5.74, 6) is 0. The summed E-state index contributed by atoms with van der Waals surface area (Å²) in [6.07, 6.45) is 3.49. The Morgan fingerprint density at radius 2 is 2.10 bits per heavy atom. The number of nitrogens with one attached hydrogen (secondary N) is 1. The van der Waals surface area contributed by atoms with E-state index in [2.05, 4.69) is 42.1 Å². The number of fused-ring (bicyclic) bond motifs is 1. The molecule has 0 unspecified atom stereocenters. The van der Waals surface area contributed by atoms with E-state index in [-0.39, 0.29) is 0 Å². The number of benzene rings is 1. The third kappa shape index (κ3) is 4.51. The molecule has 2 aromatic rings. The van der Waals surface area contributed by atoms with Gasteiger partial charge in [-0.3, -0.25) is 0 Å². The summed E-state index contributed by atoms with van der Waals surface area (Å²) in [7, 11) is 0. The monoisotopic (exact) mass is 294 g/mol. The highest BCUT2D eigenvalue weighted by Gasteiger charge is 2.01. The molecule has 0 saturated heterocycles. The van der Waals surface area contributed by atoms with Crippen LogP contribution in [0.3, 0.4) is 0 Å². The van der Waals surface area contributed by atoms with Gasteiger partial charge in [-0.25, -0.2) is 0 Å². The number of halogens is 1. The zero-order chi connectivity index (χ0) is 14.4. The number of aromatic nitrogens is 1. The highest BCUT2D eigenvalue weighted by Crippen LogP contribution is 2.20. The van der Waals surface area contributed by atoms with E-state index in [9.17, 15) is 0 Å². The summed E-state index contributed by atoms with van der Waals surface area (Å²) in [5, 5.41) is 5.47. The summed E-state index contributed by atoms with van der Waals surface area (Å²) in [4.78, 5) is 0. The van der Waals surface area contributed by atoms with Crippen LogP contribution < -0.4 is 5.32 Å².